The van der Waals surface area contributed by atoms with Crippen LogP contribution >= 0.6 is 0 Å². The zero-order valence-electron chi connectivity index (χ0n) is 19.2. The van der Waals surface area contributed by atoms with Gasteiger partial charge in [-0.3, -0.25) is 9.69 Å². The number of aromatic nitrogens is 1. The fraction of sp³-hybridized carbons (Fsp3) is 0.500. The highest BCUT2D eigenvalue weighted by Crippen LogP contribution is 2.34. The van der Waals surface area contributed by atoms with Gasteiger partial charge in [-0.2, -0.15) is 0 Å². The number of nitrogens with zero attached hydrogens (tertiary/aromatic N) is 4. The quantitative estimate of drug-likeness (QED) is 0.758. The number of nitrogens with one attached hydrogen (secondary N) is 1. The highest BCUT2D eigenvalue weighted by molar-refractivity contribution is 6.11. The van der Waals surface area contributed by atoms with Gasteiger partial charge in [0.2, 0.25) is 0 Å². The summed E-state index contributed by atoms with van der Waals surface area (Å²) in [5.74, 6) is 0.548. The van der Waals surface area contributed by atoms with Gasteiger partial charge in [-0.25, -0.2) is 14.7 Å². The van der Waals surface area contributed by atoms with Crippen molar-refractivity contribution < 1.29 is 9.59 Å². The Balaban J connectivity index is 1.28. The summed E-state index contributed by atoms with van der Waals surface area (Å²) in [5, 5.41) is 3.12. The van der Waals surface area contributed by atoms with Crippen molar-refractivity contribution in [3.8, 4) is 0 Å². The maximum absolute atomic E-state index is 13.4. The molecule has 7 nitrogen and oxygen atoms in total. The third-order valence-electron chi connectivity index (χ3n) is 7.17. The Morgan fingerprint density at radius 1 is 1.03 bits per heavy atom. The summed E-state index contributed by atoms with van der Waals surface area (Å²) < 4.78 is 0. The van der Waals surface area contributed by atoms with Crippen molar-refractivity contribution in [2.45, 2.75) is 44.6 Å². The highest BCUT2D eigenvalue weighted by atomic mass is 16.2. The standard InChI is InChI=1S/C26H33N5O2/c32-24-18-20-8-7-12-27-25(20)31(23-11-2-1-10-22(23)24)26(33)28-13-17-30-16-4-3-9-21(30)19-29-14-5-6-15-29/h1-2,7-8,10-12,21H,3-6,9,13-19H2,(H,28,33). The molecule has 0 saturated carbocycles. The number of rotatable bonds is 5. The molecular weight excluding hydrogens is 414 g/mol. The van der Waals surface area contributed by atoms with E-state index in [4.69, 9.17) is 0 Å². The molecule has 2 amide bonds. The highest BCUT2D eigenvalue weighted by Gasteiger charge is 2.31. The minimum atomic E-state index is -0.231. The van der Waals surface area contributed by atoms with Gasteiger partial charge in [-0.1, -0.05) is 24.6 Å². The second-order valence-corrected chi connectivity index (χ2v) is 9.36. The third-order valence-corrected chi connectivity index (χ3v) is 7.17. The summed E-state index contributed by atoms with van der Waals surface area (Å²) in [7, 11) is 0. The first kappa shape index (κ1) is 22.0. The van der Waals surface area contributed by atoms with E-state index in [1.807, 2.05) is 30.3 Å². The third kappa shape index (κ3) is 4.80. The number of anilines is 2. The van der Waals surface area contributed by atoms with E-state index < -0.39 is 0 Å². The first-order chi connectivity index (χ1) is 16.2. The molecule has 174 valence electrons. The Hall–Kier alpha value is -2.77. The van der Waals surface area contributed by atoms with Crippen LogP contribution in [0.3, 0.4) is 0 Å². The zero-order valence-corrected chi connectivity index (χ0v) is 19.2. The average Bonchev–Trinajstić information content (AvgIpc) is 3.30. The normalized spacial score (nSPS) is 21.4. The van der Waals surface area contributed by atoms with Gasteiger partial charge < -0.3 is 10.2 Å². The fourth-order valence-corrected chi connectivity index (χ4v) is 5.47. The number of para-hydroxylation sites is 1. The molecule has 5 rings (SSSR count). The molecule has 2 saturated heterocycles. The Morgan fingerprint density at radius 2 is 1.85 bits per heavy atom. The van der Waals surface area contributed by atoms with Gasteiger partial charge in [0.15, 0.2) is 5.78 Å². The van der Waals surface area contributed by atoms with E-state index in [2.05, 4.69) is 20.1 Å². The van der Waals surface area contributed by atoms with Gasteiger partial charge in [-0.05, 0) is 63.5 Å². The fourth-order valence-electron chi connectivity index (χ4n) is 5.47. The maximum atomic E-state index is 13.4. The molecule has 1 N–H and O–H groups in total. The van der Waals surface area contributed by atoms with E-state index in [9.17, 15) is 9.59 Å². The van der Waals surface area contributed by atoms with Gasteiger partial charge in [0, 0.05) is 49.4 Å². The Kier molecular flexibility index (Phi) is 6.69. The lowest BCUT2D eigenvalue weighted by molar-refractivity contribution is 0.0994. The van der Waals surface area contributed by atoms with Crippen molar-refractivity contribution in [1.29, 1.82) is 0 Å². The predicted molar refractivity (Wildman–Crippen MR) is 129 cm³/mol. The van der Waals surface area contributed by atoms with Crippen molar-refractivity contribution in [2.75, 3.05) is 44.2 Å². The number of carbonyl (C=O) groups is 2. The van der Waals surface area contributed by atoms with Gasteiger partial charge in [0.25, 0.3) is 0 Å². The summed E-state index contributed by atoms with van der Waals surface area (Å²) >= 11 is 0. The molecule has 4 heterocycles. The van der Waals surface area contributed by atoms with E-state index in [0.29, 0.717) is 29.7 Å². The summed E-state index contributed by atoms with van der Waals surface area (Å²) in [6.07, 6.45) is 8.31. The molecule has 1 aromatic heterocycles. The summed E-state index contributed by atoms with van der Waals surface area (Å²) in [6.45, 7) is 6.10. The lowest BCUT2D eigenvalue weighted by atomic mass is 10.0. The number of piperidine rings is 1. The van der Waals surface area contributed by atoms with E-state index in [0.717, 1.165) is 25.2 Å². The lowest BCUT2D eigenvalue weighted by Gasteiger charge is -2.38. The number of pyridine rings is 1. The van der Waals surface area contributed by atoms with Gasteiger partial charge >= 0.3 is 6.03 Å². The minimum Gasteiger partial charge on any atom is -0.336 e. The van der Waals surface area contributed by atoms with Crippen molar-refractivity contribution in [2.24, 2.45) is 0 Å². The Labute approximate surface area is 195 Å². The number of amides is 2. The molecule has 0 aliphatic carbocycles. The van der Waals surface area contributed by atoms with Gasteiger partial charge in [0.05, 0.1) is 5.69 Å². The van der Waals surface area contributed by atoms with Crippen LogP contribution in [-0.2, 0) is 6.42 Å². The van der Waals surface area contributed by atoms with Crippen LogP contribution in [0.2, 0.25) is 0 Å². The number of Topliss-reactive ketones (excluding diaryl/α,β-unsaturated/α-hetero) is 1. The first-order valence-electron chi connectivity index (χ1n) is 12.3. The number of benzene rings is 1. The number of fused-ring (bicyclic) bond motifs is 2. The number of ketones is 1. The molecule has 1 aromatic carbocycles. The molecule has 0 bridgehead atoms. The largest absolute Gasteiger partial charge is 0.336 e. The van der Waals surface area contributed by atoms with Crippen molar-refractivity contribution in [3.63, 3.8) is 0 Å². The van der Waals surface area contributed by atoms with Crippen molar-refractivity contribution >= 4 is 23.3 Å². The molecular formula is C26H33N5O2. The summed E-state index contributed by atoms with van der Waals surface area (Å²) in [6, 6.07) is 11.4. The molecule has 2 aromatic rings. The monoisotopic (exact) mass is 447 g/mol. The Bertz CT molecular complexity index is 1000. The molecule has 1 unspecified atom stereocenters. The predicted octanol–water partition coefficient (Wildman–Crippen LogP) is 3.62. The van der Waals surface area contributed by atoms with Crippen LogP contribution in [-0.4, -0.2) is 71.9 Å². The zero-order chi connectivity index (χ0) is 22.6. The molecule has 0 radical (unpaired) electrons. The molecule has 3 aliphatic heterocycles. The SMILES string of the molecule is O=C1Cc2cccnc2N(C(=O)NCCN2CCCCC2CN2CCCC2)c2ccccc21. The summed E-state index contributed by atoms with van der Waals surface area (Å²) in [5.41, 5.74) is 1.94. The number of hydrogen-bond acceptors (Lipinski definition) is 5. The smallest absolute Gasteiger partial charge is 0.327 e. The maximum Gasteiger partial charge on any atom is 0.327 e. The van der Waals surface area contributed by atoms with Crippen LogP contribution in [0, 0.1) is 0 Å². The van der Waals surface area contributed by atoms with Gasteiger partial charge in [0.1, 0.15) is 5.82 Å². The summed E-state index contributed by atoms with van der Waals surface area (Å²) in [4.78, 5) is 37.5. The van der Waals surface area contributed by atoms with Crippen molar-refractivity contribution in [3.05, 3.63) is 53.7 Å². The van der Waals surface area contributed by atoms with Crippen molar-refractivity contribution in [1.82, 2.24) is 20.1 Å². The number of urea groups is 1. The Morgan fingerprint density at radius 3 is 2.73 bits per heavy atom. The van der Waals surface area contributed by atoms with Gasteiger partial charge in [-0.15, -0.1) is 0 Å². The van der Waals surface area contributed by atoms with E-state index in [-0.39, 0.29) is 18.2 Å². The second-order valence-electron chi connectivity index (χ2n) is 9.36. The van der Waals surface area contributed by atoms with E-state index in [1.54, 1.807) is 17.2 Å². The molecule has 3 aliphatic rings. The number of carbonyl (C=O) groups excluding carboxylic acids is 2. The van der Waals surface area contributed by atoms with Crippen LogP contribution < -0.4 is 10.2 Å². The lowest BCUT2D eigenvalue weighted by Crippen LogP contribution is -2.49. The van der Waals surface area contributed by atoms with Crippen LogP contribution in [0.1, 0.15) is 48.0 Å². The molecule has 7 heteroatoms. The average molecular weight is 448 g/mol. The molecule has 2 fully saturated rings. The van der Waals surface area contributed by atoms with E-state index >= 15 is 0 Å². The minimum absolute atomic E-state index is 0.00761. The second kappa shape index (κ2) is 10.0. The van der Waals surface area contributed by atoms with E-state index in [1.165, 1.54) is 45.2 Å². The van der Waals surface area contributed by atoms with Crippen LogP contribution in [0.25, 0.3) is 0 Å². The van der Waals surface area contributed by atoms with Crippen LogP contribution in [0.5, 0.6) is 0 Å². The molecule has 33 heavy (non-hydrogen) atoms. The number of hydrogen-bond donors (Lipinski definition) is 1. The molecule has 0 spiro atoms. The van der Waals surface area contributed by atoms with Crippen LogP contribution in [0.4, 0.5) is 16.3 Å². The topological polar surface area (TPSA) is 68.8 Å². The van der Waals surface area contributed by atoms with Crippen LogP contribution in [0.15, 0.2) is 42.6 Å². The number of likely N-dealkylation sites (tertiary alicyclic amines) is 2. The first-order valence-corrected chi connectivity index (χ1v) is 12.3. The molecule has 1 atom stereocenters.